The van der Waals surface area contributed by atoms with Gasteiger partial charge in [0.15, 0.2) is 0 Å². The Hall–Kier alpha value is -1.84. The Kier molecular flexibility index (Phi) is 3.95. The normalized spacial score (nSPS) is 26.0. The summed E-state index contributed by atoms with van der Waals surface area (Å²) < 4.78 is 0. The van der Waals surface area contributed by atoms with Crippen LogP contribution in [0, 0.1) is 25.7 Å². The van der Waals surface area contributed by atoms with Gasteiger partial charge < -0.3 is 10.0 Å². The molecule has 1 heterocycles. The third-order valence-electron chi connectivity index (χ3n) is 5.44. The van der Waals surface area contributed by atoms with Crippen molar-refractivity contribution < 1.29 is 14.7 Å². The van der Waals surface area contributed by atoms with E-state index in [9.17, 15) is 14.7 Å². The van der Waals surface area contributed by atoms with Crippen LogP contribution in [-0.2, 0) is 15.0 Å². The molecule has 1 amide bonds. The summed E-state index contributed by atoms with van der Waals surface area (Å²) in [7, 11) is 0. The Morgan fingerprint density at radius 1 is 1.17 bits per heavy atom. The van der Waals surface area contributed by atoms with E-state index in [2.05, 4.69) is 32.0 Å². The largest absolute Gasteiger partial charge is 0.481 e. The van der Waals surface area contributed by atoms with Crippen LogP contribution < -0.4 is 0 Å². The second-order valence-electron chi connectivity index (χ2n) is 7.42. The highest BCUT2D eigenvalue weighted by Crippen LogP contribution is 2.50. The van der Waals surface area contributed by atoms with Crippen molar-refractivity contribution in [1.82, 2.24) is 4.90 Å². The number of carboxylic acids is 1. The summed E-state index contributed by atoms with van der Waals surface area (Å²) in [6.07, 6.45) is 2.37. The molecule has 1 aromatic rings. The zero-order valence-corrected chi connectivity index (χ0v) is 14.1. The predicted molar refractivity (Wildman–Crippen MR) is 88.3 cm³/mol. The topological polar surface area (TPSA) is 57.6 Å². The fraction of sp³-hybridized carbons (Fsp3) is 0.579. The van der Waals surface area contributed by atoms with Crippen LogP contribution in [0.4, 0.5) is 0 Å². The number of carbonyl (C=O) groups is 2. The van der Waals surface area contributed by atoms with Crippen LogP contribution in [0.2, 0.25) is 0 Å². The molecule has 4 heteroatoms. The number of benzene rings is 1. The van der Waals surface area contributed by atoms with Gasteiger partial charge in [-0.2, -0.15) is 0 Å². The maximum Gasteiger partial charge on any atom is 0.306 e. The molecule has 0 radical (unpaired) electrons. The molecule has 1 aliphatic carbocycles. The van der Waals surface area contributed by atoms with E-state index >= 15 is 0 Å². The number of aliphatic carboxylic acids is 1. The Balaban J connectivity index is 1.79. The van der Waals surface area contributed by atoms with Gasteiger partial charge >= 0.3 is 5.97 Å². The molecule has 0 spiro atoms. The van der Waals surface area contributed by atoms with Crippen molar-refractivity contribution in [3.05, 3.63) is 34.9 Å². The maximum absolute atomic E-state index is 13.1. The third-order valence-corrected chi connectivity index (χ3v) is 5.44. The summed E-state index contributed by atoms with van der Waals surface area (Å²) in [5, 5.41) is 9.24. The van der Waals surface area contributed by atoms with Crippen molar-refractivity contribution >= 4 is 11.9 Å². The first-order chi connectivity index (χ1) is 10.8. The Morgan fingerprint density at radius 2 is 1.78 bits per heavy atom. The van der Waals surface area contributed by atoms with E-state index in [1.807, 2.05) is 11.8 Å². The molecular weight excluding hydrogens is 290 g/mol. The molecule has 4 nitrogen and oxygen atoms in total. The molecule has 3 rings (SSSR count). The zero-order chi connectivity index (χ0) is 16.8. The van der Waals surface area contributed by atoms with E-state index < -0.39 is 5.97 Å². The number of amides is 1. The second-order valence-corrected chi connectivity index (χ2v) is 7.42. The second kappa shape index (κ2) is 5.66. The maximum atomic E-state index is 13.1. The molecule has 23 heavy (non-hydrogen) atoms. The molecule has 1 N–H and O–H groups in total. The number of carbonyl (C=O) groups excluding carboxylic acids is 1. The number of piperidine rings is 1. The lowest BCUT2D eigenvalue weighted by Crippen LogP contribution is -2.48. The number of hydrogen-bond acceptors (Lipinski definition) is 2. The molecule has 1 saturated carbocycles. The quantitative estimate of drug-likeness (QED) is 0.933. The monoisotopic (exact) mass is 315 g/mol. The average Bonchev–Trinajstić information content (AvgIpc) is 3.26. The molecule has 2 aliphatic rings. The Morgan fingerprint density at radius 3 is 2.26 bits per heavy atom. The van der Waals surface area contributed by atoms with Crippen molar-refractivity contribution in [2.24, 2.45) is 11.8 Å². The van der Waals surface area contributed by atoms with E-state index in [-0.39, 0.29) is 23.2 Å². The van der Waals surface area contributed by atoms with Crippen molar-refractivity contribution in [3.8, 4) is 0 Å². The smallest absolute Gasteiger partial charge is 0.306 e. The number of aryl methyl sites for hydroxylation is 2. The van der Waals surface area contributed by atoms with Crippen LogP contribution >= 0.6 is 0 Å². The van der Waals surface area contributed by atoms with Crippen LogP contribution in [0.1, 0.15) is 42.9 Å². The first-order valence-electron chi connectivity index (χ1n) is 8.44. The summed E-state index contributed by atoms with van der Waals surface area (Å²) in [5.41, 5.74) is 3.16. The van der Waals surface area contributed by atoms with Gasteiger partial charge in [-0.3, -0.25) is 9.59 Å². The fourth-order valence-corrected chi connectivity index (χ4v) is 4.00. The highest BCUT2D eigenvalue weighted by atomic mass is 16.4. The highest BCUT2D eigenvalue weighted by molar-refractivity contribution is 5.91. The molecule has 124 valence electrons. The molecule has 0 bridgehead atoms. The van der Waals surface area contributed by atoms with E-state index in [1.165, 1.54) is 11.1 Å². The van der Waals surface area contributed by atoms with Crippen molar-refractivity contribution in [2.75, 3.05) is 13.1 Å². The minimum atomic E-state index is -0.736. The fourth-order valence-electron chi connectivity index (χ4n) is 4.00. The first-order valence-corrected chi connectivity index (χ1v) is 8.44. The molecule has 1 aliphatic heterocycles. The lowest BCUT2D eigenvalue weighted by Gasteiger charge is -2.37. The van der Waals surface area contributed by atoms with Gasteiger partial charge in [0, 0.05) is 13.1 Å². The Labute approximate surface area is 137 Å². The standard InChI is InChI=1S/C19H25NO3/c1-12-8-13(2)10-15(9-12)19(5-6-19)18(23)20-7-4-16(17(21)22)14(3)11-20/h8-10,14,16H,4-7,11H2,1-3H3,(H,21,22). The summed E-state index contributed by atoms with van der Waals surface area (Å²) in [6.45, 7) is 7.19. The SMILES string of the molecule is Cc1cc(C)cc(C2(C(=O)N3CCC(C(=O)O)C(C)C3)CC2)c1. The van der Waals surface area contributed by atoms with Gasteiger partial charge in [-0.1, -0.05) is 36.2 Å². The van der Waals surface area contributed by atoms with Gasteiger partial charge in [-0.05, 0) is 44.6 Å². The zero-order valence-electron chi connectivity index (χ0n) is 14.1. The minimum Gasteiger partial charge on any atom is -0.481 e. The van der Waals surface area contributed by atoms with Crippen LogP contribution in [0.3, 0.4) is 0 Å². The molecule has 0 aromatic heterocycles. The van der Waals surface area contributed by atoms with Gasteiger partial charge in [-0.25, -0.2) is 0 Å². The predicted octanol–water partition coefficient (Wildman–Crippen LogP) is 2.90. The van der Waals surface area contributed by atoms with Gasteiger partial charge in [0.05, 0.1) is 11.3 Å². The number of carboxylic acid groups (broad SMARTS) is 1. The van der Waals surface area contributed by atoms with Crippen LogP contribution in [0.5, 0.6) is 0 Å². The molecule has 2 fully saturated rings. The molecular formula is C19H25NO3. The highest BCUT2D eigenvalue weighted by Gasteiger charge is 2.53. The molecule has 2 atom stereocenters. The van der Waals surface area contributed by atoms with Crippen molar-refractivity contribution in [1.29, 1.82) is 0 Å². The number of likely N-dealkylation sites (tertiary alicyclic amines) is 1. The Bertz CT molecular complexity index is 628. The molecule has 1 saturated heterocycles. The van der Waals surface area contributed by atoms with E-state index in [0.29, 0.717) is 19.5 Å². The summed E-state index contributed by atoms with van der Waals surface area (Å²) >= 11 is 0. The summed E-state index contributed by atoms with van der Waals surface area (Å²) in [5.74, 6) is -0.853. The molecule has 2 unspecified atom stereocenters. The van der Waals surface area contributed by atoms with Crippen LogP contribution in [-0.4, -0.2) is 35.0 Å². The van der Waals surface area contributed by atoms with Gasteiger partial charge in [0.1, 0.15) is 0 Å². The van der Waals surface area contributed by atoms with Crippen LogP contribution in [0.15, 0.2) is 18.2 Å². The lowest BCUT2D eigenvalue weighted by atomic mass is 9.85. The van der Waals surface area contributed by atoms with Crippen LogP contribution in [0.25, 0.3) is 0 Å². The minimum absolute atomic E-state index is 0.0141. The lowest BCUT2D eigenvalue weighted by molar-refractivity contribution is -0.149. The van der Waals surface area contributed by atoms with Crippen molar-refractivity contribution in [3.63, 3.8) is 0 Å². The average molecular weight is 315 g/mol. The van der Waals surface area contributed by atoms with E-state index in [4.69, 9.17) is 0 Å². The summed E-state index contributed by atoms with van der Waals surface area (Å²) in [6, 6.07) is 6.39. The number of hydrogen-bond donors (Lipinski definition) is 1. The number of nitrogens with zero attached hydrogens (tertiary/aromatic N) is 1. The van der Waals surface area contributed by atoms with Gasteiger partial charge in [-0.15, -0.1) is 0 Å². The van der Waals surface area contributed by atoms with Crippen molar-refractivity contribution in [2.45, 2.75) is 45.4 Å². The van der Waals surface area contributed by atoms with E-state index in [1.54, 1.807) is 0 Å². The van der Waals surface area contributed by atoms with E-state index in [0.717, 1.165) is 18.4 Å². The summed E-state index contributed by atoms with van der Waals surface area (Å²) in [4.78, 5) is 26.2. The molecule has 1 aromatic carbocycles. The van der Waals surface area contributed by atoms with Gasteiger partial charge in [0.25, 0.3) is 0 Å². The number of rotatable bonds is 3. The third kappa shape index (κ3) is 2.87. The first kappa shape index (κ1) is 16.0. The van der Waals surface area contributed by atoms with Gasteiger partial charge in [0.2, 0.25) is 5.91 Å².